The highest BCUT2D eigenvalue weighted by atomic mass is 16.6. The molecule has 5 nitrogen and oxygen atoms in total. The van der Waals surface area contributed by atoms with Gasteiger partial charge in [-0.3, -0.25) is 10.1 Å². The highest BCUT2D eigenvalue weighted by Gasteiger charge is 2.12. The Bertz CT molecular complexity index is 835. The Hall–Kier alpha value is -2.82. The first-order chi connectivity index (χ1) is 10.6. The van der Waals surface area contributed by atoms with Gasteiger partial charge in [-0.1, -0.05) is 0 Å². The molecule has 112 valence electrons. The molecule has 0 bridgehead atoms. The third-order valence-electron chi connectivity index (χ3n) is 3.80. The van der Waals surface area contributed by atoms with Gasteiger partial charge in [0, 0.05) is 35.8 Å². The lowest BCUT2D eigenvalue weighted by Gasteiger charge is -2.08. The van der Waals surface area contributed by atoms with Crippen LogP contribution in [-0.4, -0.2) is 16.6 Å². The molecule has 3 aromatic rings. The maximum absolute atomic E-state index is 10.8. The minimum Gasteiger partial charge on any atom is -0.497 e. The van der Waals surface area contributed by atoms with Crippen molar-refractivity contribution in [3.63, 3.8) is 0 Å². The molecule has 0 spiro atoms. The van der Waals surface area contributed by atoms with E-state index in [0.717, 1.165) is 34.5 Å². The summed E-state index contributed by atoms with van der Waals surface area (Å²) in [7, 11) is 1.65. The summed E-state index contributed by atoms with van der Waals surface area (Å²) < 4.78 is 7.47. The number of hydrogen-bond acceptors (Lipinski definition) is 3. The van der Waals surface area contributed by atoms with E-state index in [1.807, 2.05) is 18.2 Å². The van der Waals surface area contributed by atoms with Crippen LogP contribution in [0.15, 0.2) is 48.5 Å². The van der Waals surface area contributed by atoms with Crippen molar-refractivity contribution in [3.8, 4) is 17.0 Å². The fraction of sp³-hybridized carbons (Fsp3) is 0.176. The van der Waals surface area contributed by atoms with Gasteiger partial charge in [-0.15, -0.1) is 0 Å². The Kier molecular flexibility index (Phi) is 3.55. The number of benzene rings is 2. The molecule has 0 saturated carbocycles. The first kappa shape index (κ1) is 14.1. The van der Waals surface area contributed by atoms with Gasteiger partial charge in [0.05, 0.1) is 17.5 Å². The number of methoxy groups -OCH3 is 1. The molecule has 5 heteroatoms. The topological polar surface area (TPSA) is 57.3 Å². The number of ether oxygens (including phenoxy) is 1. The second-order valence-corrected chi connectivity index (χ2v) is 5.00. The molecule has 1 aromatic heterocycles. The van der Waals surface area contributed by atoms with Crippen molar-refractivity contribution in [2.45, 2.75) is 13.5 Å². The average molecular weight is 296 g/mol. The average Bonchev–Trinajstić information content (AvgIpc) is 2.92. The second kappa shape index (κ2) is 5.52. The zero-order valence-electron chi connectivity index (χ0n) is 12.4. The molecule has 0 N–H and O–H groups in total. The molecule has 0 radical (unpaired) electrons. The highest BCUT2D eigenvalue weighted by Crippen LogP contribution is 2.31. The molecule has 0 atom stereocenters. The second-order valence-electron chi connectivity index (χ2n) is 5.00. The van der Waals surface area contributed by atoms with Crippen LogP contribution in [0.5, 0.6) is 5.75 Å². The molecule has 0 aliphatic carbocycles. The van der Waals surface area contributed by atoms with Crippen molar-refractivity contribution in [2.24, 2.45) is 0 Å². The van der Waals surface area contributed by atoms with Gasteiger partial charge in [-0.25, -0.2) is 0 Å². The van der Waals surface area contributed by atoms with Gasteiger partial charge in [0.1, 0.15) is 5.75 Å². The van der Waals surface area contributed by atoms with E-state index in [1.165, 1.54) is 12.1 Å². The zero-order chi connectivity index (χ0) is 15.7. The van der Waals surface area contributed by atoms with Gasteiger partial charge in [0.15, 0.2) is 0 Å². The normalized spacial score (nSPS) is 10.8. The van der Waals surface area contributed by atoms with Crippen molar-refractivity contribution in [1.29, 1.82) is 0 Å². The lowest BCUT2D eigenvalue weighted by molar-refractivity contribution is -0.384. The van der Waals surface area contributed by atoms with Crippen LogP contribution in [0.2, 0.25) is 0 Å². The van der Waals surface area contributed by atoms with Crippen LogP contribution in [0.1, 0.15) is 6.92 Å². The van der Waals surface area contributed by atoms with Crippen molar-refractivity contribution >= 4 is 16.6 Å². The van der Waals surface area contributed by atoms with Crippen LogP contribution in [-0.2, 0) is 6.54 Å². The maximum Gasteiger partial charge on any atom is 0.269 e. The largest absolute Gasteiger partial charge is 0.497 e. The predicted molar refractivity (Wildman–Crippen MR) is 86.3 cm³/mol. The molecule has 0 aliphatic heterocycles. The number of nitro benzene ring substituents is 1. The summed E-state index contributed by atoms with van der Waals surface area (Å²) in [6.45, 7) is 2.89. The summed E-state index contributed by atoms with van der Waals surface area (Å²) in [5.41, 5.74) is 3.20. The van der Waals surface area contributed by atoms with E-state index < -0.39 is 0 Å². The summed E-state index contributed by atoms with van der Waals surface area (Å²) >= 11 is 0. The molecule has 3 rings (SSSR count). The van der Waals surface area contributed by atoms with Crippen molar-refractivity contribution < 1.29 is 9.66 Å². The van der Waals surface area contributed by atoms with E-state index in [9.17, 15) is 10.1 Å². The van der Waals surface area contributed by atoms with Crippen LogP contribution < -0.4 is 4.74 Å². The fourth-order valence-corrected chi connectivity index (χ4v) is 2.70. The molecule has 0 unspecified atom stereocenters. The molecule has 2 aromatic carbocycles. The van der Waals surface area contributed by atoms with Crippen molar-refractivity contribution in [2.75, 3.05) is 7.11 Å². The number of non-ortho nitro benzene ring substituents is 1. The van der Waals surface area contributed by atoms with E-state index in [-0.39, 0.29) is 10.6 Å². The quantitative estimate of drug-likeness (QED) is 0.534. The zero-order valence-corrected chi connectivity index (χ0v) is 12.4. The first-order valence-electron chi connectivity index (χ1n) is 7.06. The van der Waals surface area contributed by atoms with Crippen LogP contribution >= 0.6 is 0 Å². The Morgan fingerprint density at radius 2 is 1.86 bits per heavy atom. The van der Waals surface area contributed by atoms with E-state index in [1.54, 1.807) is 19.2 Å². The number of fused-ring (bicyclic) bond motifs is 1. The lowest BCUT2D eigenvalue weighted by Crippen LogP contribution is -1.97. The predicted octanol–water partition coefficient (Wildman–Crippen LogP) is 4.25. The standard InChI is InChI=1S/C17H16N2O3/c1-3-18-16(12-4-7-14(8-5-12)19(20)21)10-13-6-9-15(22-2)11-17(13)18/h4-11H,3H2,1-2H3. The number of nitrogens with zero attached hydrogens (tertiary/aromatic N) is 2. The molecule has 0 fully saturated rings. The Morgan fingerprint density at radius 3 is 2.45 bits per heavy atom. The van der Waals surface area contributed by atoms with Gasteiger partial charge in [-0.2, -0.15) is 0 Å². The third-order valence-corrected chi connectivity index (χ3v) is 3.80. The van der Waals surface area contributed by atoms with Crippen LogP contribution in [0, 0.1) is 10.1 Å². The van der Waals surface area contributed by atoms with Gasteiger partial charge in [-0.05, 0) is 42.8 Å². The highest BCUT2D eigenvalue weighted by molar-refractivity contribution is 5.88. The first-order valence-corrected chi connectivity index (χ1v) is 7.06. The minimum atomic E-state index is -0.385. The Morgan fingerprint density at radius 1 is 1.14 bits per heavy atom. The van der Waals surface area contributed by atoms with Crippen LogP contribution in [0.25, 0.3) is 22.2 Å². The molecule has 0 aliphatic rings. The smallest absolute Gasteiger partial charge is 0.269 e. The summed E-state index contributed by atoms with van der Waals surface area (Å²) in [5, 5.41) is 11.9. The van der Waals surface area contributed by atoms with Crippen LogP contribution in [0.3, 0.4) is 0 Å². The summed E-state index contributed by atoms with van der Waals surface area (Å²) in [6.07, 6.45) is 0. The number of aryl methyl sites for hydroxylation is 1. The number of hydrogen-bond donors (Lipinski definition) is 0. The van der Waals surface area contributed by atoms with Gasteiger partial charge < -0.3 is 9.30 Å². The number of nitro groups is 1. The Labute approximate surface area is 127 Å². The fourth-order valence-electron chi connectivity index (χ4n) is 2.70. The molecule has 0 saturated heterocycles. The number of aromatic nitrogens is 1. The van der Waals surface area contributed by atoms with Gasteiger partial charge in [0.25, 0.3) is 5.69 Å². The SMILES string of the molecule is CCn1c(-c2ccc([N+](=O)[O-])cc2)cc2ccc(OC)cc21. The summed E-state index contributed by atoms with van der Waals surface area (Å²) in [5.74, 6) is 0.815. The van der Waals surface area contributed by atoms with E-state index in [0.29, 0.717) is 0 Å². The van der Waals surface area contributed by atoms with E-state index in [2.05, 4.69) is 17.6 Å². The Balaban J connectivity index is 2.15. The monoisotopic (exact) mass is 296 g/mol. The number of rotatable bonds is 4. The molecule has 22 heavy (non-hydrogen) atoms. The van der Waals surface area contributed by atoms with Crippen molar-refractivity contribution in [1.82, 2.24) is 4.57 Å². The van der Waals surface area contributed by atoms with Crippen molar-refractivity contribution in [3.05, 3.63) is 58.6 Å². The van der Waals surface area contributed by atoms with E-state index in [4.69, 9.17) is 4.74 Å². The third kappa shape index (κ3) is 2.30. The molecule has 0 amide bonds. The minimum absolute atomic E-state index is 0.101. The van der Waals surface area contributed by atoms with Crippen LogP contribution in [0.4, 0.5) is 5.69 Å². The molecular formula is C17H16N2O3. The van der Waals surface area contributed by atoms with Gasteiger partial charge >= 0.3 is 0 Å². The molecular weight excluding hydrogens is 280 g/mol. The molecule has 1 heterocycles. The summed E-state index contributed by atoms with van der Waals surface area (Å²) in [6, 6.07) is 14.7. The maximum atomic E-state index is 10.8. The van der Waals surface area contributed by atoms with Gasteiger partial charge in [0.2, 0.25) is 0 Å². The van der Waals surface area contributed by atoms with E-state index >= 15 is 0 Å². The summed E-state index contributed by atoms with van der Waals surface area (Å²) in [4.78, 5) is 10.4. The lowest BCUT2D eigenvalue weighted by atomic mass is 10.1.